The Morgan fingerprint density at radius 3 is 2.32 bits per heavy atom. The van der Waals surface area contributed by atoms with E-state index < -0.39 is 22.5 Å². The molecule has 0 atom stereocenters. The number of aryl methyl sites for hydroxylation is 1. The van der Waals surface area contributed by atoms with Crippen LogP contribution in [0.4, 0.5) is 0 Å². The normalized spacial score (nSPS) is 16.8. The van der Waals surface area contributed by atoms with Gasteiger partial charge in [-0.1, -0.05) is 37.0 Å². The van der Waals surface area contributed by atoms with Crippen LogP contribution in [0, 0.1) is 12.8 Å². The van der Waals surface area contributed by atoms with Crippen LogP contribution >= 0.6 is 0 Å². The topological polar surface area (TPSA) is 74.7 Å². The van der Waals surface area contributed by atoms with E-state index in [1.165, 1.54) is 6.42 Å². The highest BCUT2D eigenvalue weighted by Crippen LogP contribution is 2.26. The van der Waals surface area contributed by atoms with Gasteiger partial charge < -0.3 is 5.11 Å². The van der Waals surface area contributed by atoms with Gasteiger partial charge >= 0.3 is 5.97 Å². The summed E-state index contributed by atoms with van der Waals surface area (Å²) in [5.41, 5.74) is 0.969. The Balaban J connectivity index is 2.22. The molecule has 0 radical (unpaired) electrons. The lowest BCUT2D eigenvalue weighted by atomic mass is 9.89. The summed E-state index contributed by atoms with van der Waals surface area (Å²) in [7, 11) is -3.76. The molecule has 122 valence electrons. The minimum Gasteiger partial charge on any atom is -0.480 e. The second-order valence-electron chi connectivity index (χ2n) is 6.01. The van der Waals surface area contributed by atoms with Crippen molar-refractivity contribution < 1.29 is 18.3 Å². The predicted molar refractivity (Wildman–Crippen MR) is 84.1 cm³/mol. The second kappa shape index (κ2) is 7.24. The first kappa shape index (κ1) is 17.0. The van der Waals surface area contributed by atoms with E-state index in [1.54, 1.807) is 24.3 Å². The van der Waals surface area contributed by atoms with Crippen LogP contribution < -0.4 is 0 Å². The molecular formula is C16H23NO4S. The lowest BCUT2D eigenvalue weighted by Crippen LogP contribution is -2.39. The smallest absolute Gasteiger partial charge is 0.318 e. The predicted octanol–water partition coefficient (Wildman–Crippen LogP) is 2.65. The van der Waals surface area contributed by atoms with Crippen molar-refractivity contribution in [1.82, 2.24) is 4.31 Å². The van der Waals surface area contributed by atoms with Crippen molar-refractivity contribution in [2.24, 2.45) is 5.92 Å². The number of carboxylic acids is 1. The van der Waals surface area contributed by atoms with Gasteiger partial charge in [0.1, 0.15) is 6.54 Å². The van der Waals surface area contributed by atoms with Crippen LogP contribution in [0.2, 0.25) is 0 Å². The molecule has 0 aliphatic heterocycles. The second-order valence-corrected chi connectivity index (χ2v) is 7.95. The van der Waals surface area contributed by atoms with Crippen LogP contribution in [-0.2, 0) is 14.8 Å². The van der Waals surface area contributed by atoms with Crippen LogP contribution in [-0.4, -0.2) is 36.9 Å². The maximum Gasteiger partial charge on any atom is 0.318 e. The summed E-state index contributed by atoms with van der Waals surface area (Å²) in [5.74, 6) is -0.861. The molecule has 1 aromatic rings. The maximum atomic E-state index is 12.7. The number of sulfonamides is 1. The number of hydrogen-bond acceptors (Lipinski definition) is 3. The SMILES string of the molecule is Cc1ccc(S(=O)(=O)N(CC(=O)O)CC2CCCCC2)cc1. The molecule has 5 nitrogen and oxygen atoms in total. The van der Waals surface area contributed by atoms with E-state index in [-0.39, 0.29) is 10.8 Å². The van der Waals surface area contributed by atoms with E-state index in [1.807, 2.05) is 6.92 Å². The van der Waals surface area contributed by atoms with Crippen molar-refractivity contribution in [2.45, 2.75) is 43.9 Å². The summed E-state index contributed by atoms with van der Waals surface area (Å²) >= 11 is 0. The lowest BCUT2D eigenvalue weighted by Gasteiger charge is -2.28. The first-order chi connectivity index (χ1) is 10.4. The zero-order chi connectivity index (χ0) is 16.2. The Kier molecular flexibility index (Phi) is 5.58. The van der Waals surface area contributed by atoms with E-state index in [2.05, 4.69) is 0 Å². The molecule has 0 unspecified atom stereocenters. The van der Waals surface area contributed by atoms with Crippen LogP contribution in [0.25, 0.3) is 0 Å². The molecule has 1 aliphatic rings. The molecule has 0 heterocycles. The van der Waals surface area contributed by atoms with Gasteiger partial charge in [-0.2, -0.15) is 4.31 Å². The van der Waals surface area contributed by atoms with Gasteiger partial charge in [0, 0.05) is 6.54 Å². The number of rotatable bonds is 6. The fraction of sp³-hybridized carbons (Fsp3) is 0.562. The molecule has 1 N–H and O–H groups in total. The third-order valence-electron chi connectivity index (χ3n) is 4.16. The molecular weight excluding hydrogens is 302 g/mol. The van der Waals surface area contributed by atoms with Crippen molar-refractivity contribution >= 4 is 16.0 Å². The third-order valence-corrected chi connectivity index (χ3v) is 5.98. The van der Waals surface area contributed by atoms with Gasteiger partial charge in [0.15, 0.2) is 0 Å². The van der Waals surface area contributed by atoms with E-state index in [0.29, 0.717) is 6.54 Å². The fourth-order valence-corrected chi connectivity index (χ4v) is 4.38. The van der Waals surface area contributed by atoms with Crippen molar-refractivity contribution in [3.05, 3.63) is 29.8 Å². The van der Waals surface area contributed by atoms with Gasteiger partial charge in [-0.3, -0.25) is 4.79 Å². The van der Waals surface area contributed by atoms with E-state index in [4.69, 9.17) is 5.11 Å². The summed E-state index contributed by atoms with van der Waals surface area (Å²) in [6, 6.07) is 6.54. The Morgan fingerprint density at radius 2 is 1.77 bits per heavy atom. The van der Waals surface area contributed by atoms with Gasteiger partial charge in [-0.25, -0.2) is 8.42 Å². The van der Waals surface area contributed by atoms with E-state index >= 15 is 0 Å². The summed E-state index contributed by atoms with van der Waals surface area (Å²) in [5, 5.41) is 9.06. The van der Waals surface area contributed by atoms with Crippen LogP contribution in [0.15, 0.2) is 29.2 Å². The van der Waals surface area contributed by atoms with E-state index in [9.17, 15) is 13.2 Å². The number of aliphatic carboxylic acids is 1. The number of carboxylic acid groups (broad SMARTS) is 1. The highest BCUT2D eigenvalue weighted by atomic mass is 32.2. The van der Waals surface area contributed by atoms with Crippen molar-refractivity contribution in [2.75, 3.05) is 13.1 Å². The number of nitrogens with zero attached hydrogens (tertiary/aromatic N) is 1. The minimum absolute atomic E-state index is 0.162. The van der Waals surface area contributed by atoms with E-state index in [0.717, 1.165) is 35.6 Å². The number of hydrogen-bond donors (Lipinski definition) is 1. The fourth-order valence-electron chi connectivity index (χ4n) is 2.92. The summed E-state index contributed by atoms with van der Waals surface area (Å²) in [4.78, 5) is 11.2. The summed E-state index contributed by atoms with van der Waals surface area (Å²) < 4.78 is 26.6. The molecule has 1 aromatic carbocycles. The first-order valence-electron chi connectivity index (χ1n) is 7.68. The number of carbonyl (C=O) groups is 1. The van der Waals surface area contributed by atoms with Gasteiger partial charge in [-0.15, -0.1) is 0 Å². The average Bonchev–Trinajstić information content (AvgIpc) is 2.47. The Bertz CT molecular complexity index is 604. The van der Waals surface area contributed by atoms with Crippen LogP contribution in [0.1, 0.15) is 37.7 Å². The minimum atomic E-state index is -3.76. The van der Waals surface area contributed by atoms with Crippen molar-refractivity contribution in [3.8, 4) is 0 Å². The largest absolute Gasteiger partial charge is 0.480 e. The molecule has 1 saturated carbocycles. The summed E-state index contributed by atoms with van der Waals surface area (Å²) in [6.45, 7) is 1.70. The van der Waals surface area contributed by atoms with Gasteiger partial charge in [-0.05, 0) is 37.8 Å². The molecule has 0 saturated heterocycles. The number of benzene rings is 1. The molecule has 0 spiro atoms. The van der Waals surface area contributed by atoms with Crippen LogP contribution in [0.5, 0.6) is 0 Å². The molecule has 6 heteroatoms. The molecule has 1 fully saturated rings. The quantitative estimate of drug-likeness (QED) is 0.872. The molecule has 1 aliphatic carbocycles. The molecule has 22 heavy (non-hydrogen) atoms. The van der Waals surface area contributed by atoms with Crippen molar-refractivity contribution in [3.63, 3.8) is 0 Å². The monoisotopic (exact) mass is 325 g/mol. The Hall–Kier alpha value is -1.40. The average molecular weight is 325 g/mol. The van der Waals surface area contributed by atoms with Gasteiger partial charge in [0.25, 0.3) is 0 Å². The first-order valence-corrected chi connectivity index (χ1v) is 9.12. The zero-order valence-corrected chi connectivity index (χ0v) is 13.7. The maximum absolute atomic E-state index is 12.7. The van der Waals surface area contributed by atoms with Gasteiger partial charge in [0.2, 0.25) is 10.0 Å². The summed E-state index contributed by atoms with van der Waals surface area (Å²) in [6.07, 6.45) is 5.31. The lowest BCUT2D eigenvalue weighted by molar-refractivity contribution is -0.137. The zero-order valence-electron chi connectivity index (χ0n) is 12.9. The molecule has 0 amide bonds. The standard InChI is InChI=1S/C16H23NO4S/c1-13-7-9-15(10-8-13)22(20,21)17(12-16(18)19)11-14-5-3-2-4-6-14/h7-10,14H,2-6,11-12H2,1H3,(H,18,19). The van der Waals surface area contributed by atoms with Crippen molar-refractivity contribution in [1.29, 1.82) is 0 Å². The van der Waals surface area contributed by atoms with Crippen LogP contribution in [0.3, 0.4) is 0 Å². The van der Waals surface area contributed by atoms with Gasteiger partial charge in [0.05, 0.1) is 4.90 Å². The molecule has 0 bridgehead atoms. The molecule has 0 aromatic heterocycles. The highest BCUT2D eigenvalue weighted by Gasteiger charge is 2.29. The Labute approximate surface area is 132 Å². The third kappa shape index (κ3) is 4.30. The Morgan fingerprint density at radius 1 is 1.18 bits per heavy atom. The molecule has 2 rings (SSSR count). The highest BCUT2D eigenvalue weighted by molar-refractivity contribution is 7.89.